The summed E-state index contributed by atoms with van der Waals surface area (Å²) in [5.41, 5.74) is 15.1. The second kappa shape index (κ2) is 9.11. The summed E-state index contributed by atoms with van der Waals surface area (Å²) in [5.74, 6) is -0.550. The molecule has 28 heavy (non-hydrogen) atoms. The molecular weight excluding hydrogens is 348 g/mol. The summed E-state index contributed by atoms with van der Waals surface area (Å²) in [6.07, 6.45) is 0.363. The molecule has 0 fully saturated rings. The van der Waals surface area contributed by atoms with Gasteiger partial charge in [-0.2, -0.15) is 0 Å². The first-order valence-electron chi connectivity index (χ1n) is 9.34. The van der Waals surface area contributed by atoms with Crippen molar-refractivity contribution in [3.8, 4) is 0 Å². The van der Waals surface area contributed by atoms with E-state index in [-0.39, 0.29) is 24.5 Å². The highest BCUT2D eigenvalue weighted by Gasteiger charge is 2.19. The van der Waals surface area contributed by atoms with Crippen molar-refractivity contribution in [2.45, 2.75) is 24.8 Å². The lowest BCUT2D eigenvalue weighted by molar-refractivity contribution is -0.118. The van der Waals surface area contributed by atoms with Gasteiger partial charge in [0.15, 0.2) is 5.78 Å². The van der Waals surface area contributed by atoms with Crippen molar-refractivity contribution in [2.24, 2.45) is 11.5 Å². The first-order chi connectivity index (χ1) is 13.6. The van der Waals surface area contributed by atoms with Gasteiger partial charge in [-0.05, 0) is 23.1 Å². The van der Waals surface area contributed by atoms with Gasteiger partial charge in [-0.3, -0.25) is 9.59 Å². The van der Waals surface area contributed by atoms with Crippen LogP contribution >= 0.6 is 0 Å². The number of hydrogen-bond acceptors (Lipinski definition) is 3. The van der Waals surface area contributed by atoms with Gasteiger partial charge < -0.3 is 11.5 Å². The summed E-state index contributed by atoms with van der Waals surface area (Å²) in [4.78, 5) is 23.4. The summed E-state index contributed by atoms with van der Waals surface area (Å²) in [6, 6.07) is 27.4. The molecule has 4 N–H and O–H groups in total. The molecule has 3 aromatic rings. The van der Waals surface area contributed by atoms with Crippen LogP contribution in [0.5, 0.6) is 0 Å². The molecule has 0 heterocycles. The number of ketones is 1. The van der Waals surface area contributed by atoms with E-state index in [1.807, 2.05) is 48.5 Å². The Morgan fingerprint density at radius 2 is 1.18 bits per heavy atom. The monoisotopic (exact) mass is 372 g/mol. The third-order valence-electron chi connectivity index (χ3n) is 4.83. The molecule has 3 rings (SSSR count). The molecule has 4 nitrogen and oxygen atoms in total. The van der Waals surface area contributed by atoms with Gasteiger partial charge in [-0.25, -0.2) is 0 Å². The minimum absolute atomic E-state index is 0.0788. The van der Waals surface area contributed by atoms with E-state index >= 15 is 0 Å². The zero-order valence-electron chi connectivity index (χ0n) is 15.6. The maximum Gasteiger partial charge on any atom is 0.217 e. The molecule has 142 valence electrons. The molecule has 1 atom stereocenters. The average molecular weight is 372 g/mol. The highest BCUT2D eigenvalue weighted by atomic mass is 16.1. The van der Waals surface area contributed by atoms with Crippen molar-refractivity contribution in [2.75, 3.05) is 0 Å². The Bertz CT molecular complexity index is 882. The molecule has 0 aliphatic carbocycles. The van der Waals surface area contributed by atoms with Crippen LogP contribution in [0, 0.1) is 0 Å². The van der Waals surface area contributed by atoms with Gasteiger partial charge in [-0.15, -0.1) is 0 Å². The van der Waals surface area contributed by atoms with Crippen LogP contribution in [0.1, 0.15) is 45.8 Å². The lowest BCUT2D eigenvalue weighted by atomic mass is 9.84. The number of benzene rings is 3. The van der Waals surface area contributed by atoms with Crippen LogP contribution in [0.3, 0.4) is 0 Å². The highest BCUT2D eigenvalue weighted by Crippen LogP contribution is 2.31. The Labute approximate surface area is 165 Å². The van der Waals surface area contributed by atoms with E-state index in [4.69, 9.17) is 11.5 Å². The maximum atomic E-state index is 12.5. The average Bonchev–Trinajstić information content (AvgIpc) is 2.74. The Morgan fingerprint density at radius 1 is 0.714 bits per heavy atom. The number of hydrogen-bond donors (Lipinski definition) is 2. The van der Waals surface area contributed by atoms with Crippen LogP contribution in [0.2, 0.25) is 0 Å². The quantitative estimate of drug-likeness (QED) is 0.467. The van der Waals surface area contributed by atoms with Crippen LogP contribution in [-0.2, 0) is 4.79 Å². The Hall–Kier alpha value is -3.24. The summed E-state index contributed by atoms with van der Waals surface area (Å²) in [6.45, 7) is 0. The molecule has 0 aromatic heterocycles. The second-order valence-electron chi connectivity index (χ2n) is 6.85. The van der Waals surface area contributed by atoms with E-state index in [1.54, 1.807) is 12.1 Å². The molecule has 0 unspecified atom stereocenters. The molecule has 0 bridgehead atoms. The second-order valence-corrected chi connectivity index (χ2v) is 6.85. The van der Waals surface area contributed by atoms with Gasteiger partial charge in [0, 0.05) is 17.9 Å². The van der Waals surface area contributed by atoms with E-state index in [0.29, 0.717) is 5.56 Å². The fraction of sp³-hybridized carbons (Fsp3) is 0.167. The van der Waals surface area contributed by atoms with Crippen LogP contribution in [-0.4, -0.2) is 17.7 Å². The fourth-order valence-corrected chi connectivity index (χ4v) is 3.35. The summed E-state index contributed by atoms with van der Waals surface area (Å²) in [7, 11) is 0. The maximum absolute atomic E-state index is 12.5. The number of carbonyl (C=O) groups excluding carboxylic acids is 2. The summed E-state index contributed by atoms with van der Waals surface area (Å²) >= 11 is 0. The molecule has 1 amide bonds. The molecule has 0 spiro atoms. The van der Waals surface area contributed by atoms with Gasteiger partial charge in [0.2, 0.25) is 5.91 Å². The zero-order chi connectivity index (χ0) is 19.9. The number of carbonyl (C=O) groups is 2. The van der Waals surface area contributed by atoms with Gasteiger partial charge in [0.25, 0.3) is 0 Å². The zero-order valence-corrected chi connectivity index (χ0v) is 15.6. The number of Topliss-reactive ketones (excluding diaryl/α,β-unsaturated/α-hetero) is 1. The fourth-order valence-electron chi connectivity index (χ4n) is 3.35. The molecule has 0 saturated carbocycles. The van der Waals surface area contributed by atoms with Crippen molar-refractivity contribution < 1.29 is 9.59 Å². The lowest BCUT2D eigenvalue weighted by Gasteiger charge is -2.19. The Kier molecular flexibility index (Phi) is 6.35. The number of amides is 1. The molecule has 3 aromatic carbocycles. The summed E-state index contributed by atoms with van der Waals surface area (Å²) in [5, 5.41) is 0. The normalized spacial score (nSPS) is 11.9. The largest absolute Gasteiger partial charge is 0.370 e. The molecule has 0 saturated heterocycles. The van der Waals surface area contributed by atoms with Crippen molar-refractivity contribution in [3.63, 3.8) is 0 Å². The SMILES string of the molecule is NC(=O)CC[C@H](N)C(=O)c1ccc(C(c2ccccc2)c2ccccc2)cc1. The molecule has 0 aliphatic rings. The summed E-state index contributed by atoms with van der Waals surface area (Å²) < 4.78 is 0. The minimum atomic E-state index is -0.725. The van der Waals surface area contributed by atoms with Gasteiger partial charge in [0.05, 0.1) is 6.04 Å². The topological polar surface area (TPSA) is 86.2 Å². The predicted octanol–water partition coefficient (Wildman–Crippen LogP) is 3.64. The third kappa shape index (κ3) is 4.72. The van der Waals surface area contributed by atoms with Crippen LogP contribution in [0.4, 0.5) is 0 Å². The minimum Gasteiger partial charge on any atom is -0.370 e. The van der Waals surface area contributed by atoms with Gasteiger partial charge in [-0.1, -0.05) is 84.9 Å². The standard InChI is InChI=1S/C24H24N2O2/c25-21(15-16-22(26)27)24(28)20-13-11-19(12-14-20)23(17-7-3-1-4-8-17)18-9-5-2-6-10-18/h1-14,21,23H,15-16,25H2,(H2,26,27)/t21-/m0/s1. The van der Waals surface area contributed by atoms with E-state index in [2.05, 4.69) is 24.3 Å². The third-order valence-corrected chi connectivity index (χ3v) is 4.83. The Balaban J connectivity index is 1.87. The first-order valence-corrected chi connectivity index (χ1v) is 9.34. The van der Waals surface area contributed by atoms with E-state index < -0.39 is 11.9 Å². The number of nitrogens with two attached hydrogens (primary N) is 2. The molecule has 4 heteroatoms. The van der Waals surface area contributed by atoms with Crippen LogP contribution in [0.25, 0.3) is 0 Å². The van der Waals surface area contributed by atoms with Crippen LogP contribution < -0.4 is 11.5 Å². The molecule has 0 radical (unpaired) electrons. The van der Waals surface area contributed by atoms with Crippen molar-refractivity contribution in [3.05, 3.63) is 107 Å². The van der Waals surface area contributed by atoms with Crippen molar-refractivity contribution in [1.82, 2.24) is 0 Å². The van der Waals surface area contributed by atoms with Crippen molar-refractivity contribution in [1.29, 1.82) is 0 Å². The number of primary amides is 1. The first kappa shape index (κ1) is 19.5. The van der Waals surface area contributed by atoms with Gasteiger partial charge >= 0.3 is 0 Å². The number of rotatable bonds is 8. The van der Waals surface area contributed by atoms with E-state index in [1.165, 1.54) is 11.1 Å². The predicted molar refractivity (Wildman–Crippen MR) is 111 cm³/mol. The smallest absolute Gasteiger partial charge is 0.217 e. The lowest BCUT2D eigenvalue weighted by Crippen LogP contribution is -2.31. The van der Waals surface area contributed by atoms with E-state index in [9.17, 15) is 9.59 Å². The Morgan fingerprint density at radius 3 is 1.64 bits per heavy atom. The molecule has 0 aliphatic heterocycles. The van der Waals surface area contributed by atoms with Crippen molar-refractivity contribution >= 4 is 11.7 Å². The van der Waals surface area contributed by atoms with Gasteiger partial charge in [0.1, 0.15) is 0 Å². The van der Waals surface area contributed by atoms with E-state index in [0.717, 1.165) is 5.56 Å². The van der Waals surface area contributed by atoms with Crippen LogP contribution in [0.15, 0.2) is 84.9 Å². The molecular formula is C24H24N2O2. The highest BCUT2D eigenvalue weighted by molar-refractivity contribution is 6.00.